The van der Waals surface area contributed by atoms with Crippen molar-refractivity contribution in [1.82, 2.24) is 4.98 Å². The number of hydrogen-bond acceptors (Lipinski definition) is 4. The highest BCUT2D eigenvalue weighted by molar-refractivity contribution is 5.78. The normalized spacial score (nSPS) is 11.1. The van der Waals surface area contributed by atoms with Crippen molar-refractivity contribution in [2.75, 3.05) is 6.61 Å². The van der Waals surface area contributed by atoms with E-state index in [2.05, 4.69) is 11.9 Å². The van der Waals surface area contributed by atoms with Crippen LogP contribution in [0.5, 0.6) is 5.88 Å². The molecular formula is C13H19NO3. The topological polar surface area (TPSA) is 48.4 Å². The number of rotatable bonds is 5. The minimum atomic E-state index is -1.02. The number of carbonyl (C=O) groups is 1. The zero-order valence-corrected chi connectivity index (χ0v) is 10.8. The smallest absolute Gasteiger partial charge is 0.349 e. The van der Waals surface area contributed by atoms with E-state index in [1.807, 2.05) is 12.1 Å². The molecule has 0 aliphatic carbocycles. The third-order valence-electron chi connectivity index (χ3n) is 2.33. The zero-order valence-electron chi connectivity index (χ0n) is 10.8. The summed E-state index contributed by atoms with van der Waals surface area (Å²) < 4.78 is 10.5. The fourth-order valence-corrected chi connectivity index (χ4v) is 1.33. The van der Waals surface area contributed by atoms with Gasteiger partial charge in [-0.25, -0.2) is 9.78 Å². The molecule has 0 atom stereocenters. The predicted octanol–water partition coefficient (Wildman–Crippen LogP) is 2.36. The van der Waals surface area contributed by atoms with Gasteiger partial charge in [0.05, 0.1) is 6.61 Å². The molecule has 1 rings (SSSR count). The lowest BCUT2D eigenvalue weighted by Crippen LogP contribution is -2.40. The van der Waals surface area contributed by atoms with Crippen molar-refractivity contribution in [3.63, 3.8) is 0 Å². The maximum atomic E-state index is 11.6. The van der Waals surface area contributed by atoms with Crippen molar-refractivity contribution in [2.45, 2.75) is 39.7 Å². The molecule has 0 N–H and O–H groups in total. The average Bonchev–Trinajstić information content (AvgIpc) is 2.29. The Hall–Kier alpha value is -1.58. The monoisotopic (exact) mass is 237 g/mol. The number of nitrogens with zero attached hydrogens (tertiary/aromatic N) is 1. The van der Waals surface area contributed by atoms with Crippen molar-refractivity contribution in [3.8, 4) is 5.88 Å². The van der Waals surface area contributed by atoms with Crippen LogP contribution in [-0.2, 0) is 16.0 Å². The Morgan fingerprint density at radius 2 is 2.12 bits per heavy atom. The van der Waals surface area contributed by atoms with E-state index in [9.17, 15) is 4.79 Å². The van der Waals surface area contributed by atoms with Gasteiger partial charge in [0.1, 0.15) is 0 Å². The van der Waals surface area contributed by atoms with Crippen LogP contribution in [0.3, 0.4) is 0 Å². The molecule has 4 heteroatoms. The van der Waals surface area contributed by atoms with Crippen LogP contribution in [0.1, 0.15) is 33.3 Å². The molecule has 0 saturated carbocycles. The third-order valence-corrected chi connectivity index (χ3v) is 2.33. The summed E-state index contributed by atoms with van der Waals surface area (Å²) in [7, 11) is 0. The molecule has 1 aromatic rings. The van der Waals surface area contributed by atoms with Gasteiger partial charge in [0, 0.05) is 12.3 Å². The van der Waals surface area contributed by atoms with Crippen LogP contribution < -0.4 is 4.74 Å². The Morgan fingerprint density at radius 3 is 2.71 bits per heavy atom. The summed E-state index contributed by atoms with van der Waals surface area (Å²) in [6, 6.07) is 3.76. The van der Waals surface area contributed by atoms with E-state index in [-0.39, 0.29) is 5.97 Å². The fourth-order valence-electron chi connectivity index (χ4n) is 1.33. The molecule has 1 heterocycles. The molecule has 0 unspecified atom stereocenters. The Balaban J connectivity index is 2.78. The number of aromatic nitrogens is 1. The van der Waals surface area contributed by atoms with Gasteiger partial charge in [-0.3, -0.25) is 0 Å². The summed E-state index contributed by atoms with van der Waals surface area (Å²) in [5, 5.41) is 0. The molecule has 0 aromatic carbocycles. The molecule has 94 valence electrons. The van der Waals surface area contributed by atoms with E-state index < -0.39 is 5.60 Å². The quantitative estimate of drug-likeness (QED) is 0.738. The highest BCUT2D eigenvalue weighted by atomic mass is 16.6. The van der Waals surface area contributed by atoms with Crippen LogP contribution in [0.15, 0.2) is 18.3 Å². The number of pyridine rings is 1. The van der Waals surface area contributed by atoms with Gasteiger partial charge in [-0.15, -0.1) is 0 Å². The molecule has 0 fully saturated rings. The van der Waals surface area contributed by atoms with E-state index in [1.54, 1.807) is 27.0 Å². The van der Waals surface area contributed by atoms with E-state index in [4.69, 9.17) is 9.47 Å². The lowest BCUT2D eigenvalue weighted by atomic mass is 10.1. The average molecular weight is 237 g/mol. The van der Waals surface area contributed by atoms with Gasteiger partial charge in [-0.2, -0.15) is 0 Å². The highest BCUT2D eigenvalue weighted by Crippen LogP contribution is 2.18. The minimum absolute atomic E-state index is 0.341. The molecule has 0 bridgehead atoms. The summed E-state index contributed by atoms with van der Waals surface area (Å²) >= 11 is 0. The number of carbonyl (C=O) groups excluding carboxylic acids is 1. The van der Waals surface area contributed by atoms with Crippen LogP contribution in [0.4, 0.5) is 0 Å². The summed E-state index contributed by atoms with van der Waals surface area (Å²) in [5.74, 6) is 0.0612. The second kappa shape index (κ2) is 5.66. The minimum Gasteiger partial charge on any atom is -0.463 e. The van der Waals surface area contributed by atoms with Crippen LogP contribution in [-0.4, -0.2) is 23.2 Å². The molecule has 4 nitrogen and oxygen atoms in total. The van der Waals surface area contributed by atoms with Crippen molar-refractivity contribution in [2.24, 2.45) is 0 Å². The first-order valence-electron chi connectivity index (χ1n) is 5.80. The molecule has 0 spiro atoms. The lowest BCUT2D eigenvalue weighted by Gasteiger charge is -2.23. The van der Waals surface area contributed by atoms with Crippen molar-refractivity contribution < 1.29 is 14.3 Å². The fraction of sp³-hybridized carbons (Fsp3) is 0.538. The molecule has 1 aromatic heterocycles. The van der Waals surface area contributed by atoms with E-state index in [0.717, 1.165) is 12.0 Å². The van der Waals surface area contributed by atoms with Gasteiger partial charge in [0.15, 0.2) is 0 Å². The second-order valence-electron chi connectivity index (χ2n) is 4.19. The second-order valence-corrected chi connectivity index (χ2v) is 4.19. The summed E-state index contributed by atoms with van der Waals surface area (Å²) in [6.07, 6.45) is 2.58. The van der Waals surface area contributed by atoms with Gasteiger partial charge in [0.25, 0.3) is 0 Å². The maximum absolute atomic E-state index is 11.6. The molecule has 0 aliphatic rings. The maximum Gasteiger partial charge on any atom is 0.349 e. The third kappa shape index (κ3) is 3.73. The first kappa shape index (κ1) is 13.5. The molecular weight excluding hydrogens is 218 g/mol. The number of aryl methyl sites for hydroxylation is 1. The van der Waals surface area contributed by atoms with Crippen molar-refractivity contribution in [3.05, 3.63) is 23.9 Å². The van der Waals surface area contributed by atoms with Crippen LogP contribution in [0, 0.1) is 0 Å². The van der Waals surface area contributed by atoms with Crippen molar-refractivity contribution in [1.29, 1.82) is 0 Å². The molecule has 0 amide bonds. The van der Waals surface area contributed by atoms with Gasteiger partial charge in [-0.05, 0) is 38.8 Å². The van der Waals surface area contributed by atoms with Crippen molar-refractivity contribution >= 4 is 5.97 Å². The standard InChI is InChI=1S/C13H19NO3/c1-5-10-7-8-14-11(9-10)17-13(3,4)12(15)16-6-2/h7-9H,5-6H2,1-4H3. The summed E-state index contributed by atoms with van der Waals surface area (Å²) in [5.41, 5.74) is 0.102. The SMILES string of the molecule is CCOC(=O)C(C)(C)Oc1cc(CC)ccn1. The predicted molar refractivity (Wildman–Crippen MR) is 65.0 cm³/mol. The first-order chi connectivity index (χ1) is 7.99. The Bertz CT molecular complexity index is 388. The summed E-state index contributed by atoms with van der Waals surface area (Å²) in [6.45, 7) is 7.50. The van der Waals surface area contributed by atoms with Gasteiger partial charge >= 0.3 is 5.97 Å². The molecule has 0 radical (unpaired) electrons. The van der Waals surface area contributed by atoms with Crippen LogP contribution in [0.25, 0.3) is 0 Å². The highest BCUT2D eigenvalue weighted by Gasteiger charge is 2.32. The van der Waals surface area contributed by atoms with Gasteiger partial charge in [-0.1, -0.05) is 6.92 Å². The van der Waals surface area contributed by atoms with Gasteiger partial charge in [0.2, 0.25) is 11.5 Å². The Labute approximate surface area is 102 Å². The molecule has 0 saturated heterocycles. The van der Waals surface area contributed by atoms with E-state index >= 15 is 0 Å². The largest absolute Gasteiger partial charge is 0.463 e. The van der Waals surface area contributed by atoms with Crippen LogP contribution in [0.2, 0.25) is 0 Å². The van der Waals surface area contributed by atoms with E-state index in [0.29, 0.717) is 12.5 Å². The zero-order chi connectivity index (χ0) is 12.9. The van der Waals surface area contributed by atoms with Gasteiger partial charge < -0.3 is 9.47 Å². The molecule has 0 aliphatic heterocycles. The molecule has 17 heavy (non-hydrogen) atoms. The Kier molecular flexibility index (Phi) is 4.49. The van der Waals surface area contributed by atoms with Crippen LogP contribution >= 0.6 is 0 Å². The lowest BCUT2D eigenvalue weighted by molar-refractivity contribution is -0.158. The number of ether oxygens (including phenoxy) is 2. The number of hydrogen-bond donors (Lipinski definition) is 0. The Morgan fingerprint density at radius 1 is 1.41 bits per heavy atom. The number of esters is 1. The first-order valence-corrected chi connectivity index (χ1v) is 5.80. The van der Waals surface area contributed by atoms with E-state index in [1.165, 1.54) is 0 Å². The summed E-state index contributed by atoms with van der Waals surface area (Å²) in [4.78, 5) is 15.7.